The summed E-state index contributed by atoms with van der Waals surface area (Å²) in [7, 11) is 0. The topological polar surface area (TPSA) is 20.2 Å². The second-order valence-electron chi connectivity index (χ2n) is 15.7. The smallest absolute Gasteiger partial charge is 0.0594 e. The largest absolute Gasteiger partial charge is 0.393 e. The second kappa shape index (κ2) is 6.55. The summed E-state index contributed by atoms with van der Waals surface area (Å²) in [5.74, 6) is 3.31. The number of aliphatic hydroxyl groups excluding tert-OH is 1. The molecule has 1 N–H and O–H groups in total. The van der Waals surface area contributed by atoms with Crippen molar-refractivity contribution < 1.29 is 5.11 Å². The van der Waals surface area contributed by atoms with E-state index in [-0.39, 0.29) is 11.5 Å². The molecule has 1 heteroatoms. The number of fused-ring (bicyclic) bond motifs is 7. The first kappa shape index (κ1) is 22.7. The molecule has 0 amide bonds. The van der Waals surface area contributed by atoms with Crippen LogP contribution < -0.4 is 0 Å². The minimum Gasteiger partial charge on any atom is -0.393 e. The highest BCUT2D eigenvalue weighted by Crippen LogP contribution is 2.77. The SMILES string of the molecule is CC1(C)CC[C@]2(C)CC[C@]3(C)[C@H]4CCC5[C@@H](CC[C@H](O)C5(C)C)[C@]4(C)CC[C@@]3(C)[C@@H]2C1. The van der Waals surface area contributed by atoms with Gasteiger partial charge in [0.1, 0.15) is 0 Å². The van der Waals surface area contributed by atoms with E-state index in [1.165, 1.54) is 64.2 Å². The van der Waals surface area contributed by atoms with Gasteiger partial charge in [-0.1, -0.05) is 55.4 Å². The van der Waals surface area contributed by atoms with Crippen LogP contribution in [0.5, 0.6) is 0 Å². The molecule has 5 aliphatic rings. The lowest BCUT2D eigenvalue weighted by molar-refractivity contribution is -0.255. The number of rotatable bonds is 0. The summed E-state index contributed by atoms with van der Waals surface area (Å²) >= 11 is 0. The summed E-state index contributed by atoms with van der Waals surface area (Å²) in [6.45, 7) is 20.8. The van der Waals surface area contributed by atoms with E-state index < -0.39 is 0 Å². The average Bonchev–Trinajstić information content (AvgIpc) is 2.68. The van der Waals surface area contributed by atoms with Crippen LogP contribution >= 0.6 is 0 Å². The molecule has 5 saturated carbocycles. The van der Waals surface area contributed by atoms with Gasteiger partial charge in [-0.2, -0.15) is 0 Å². The Morgan fingerprint density at radius 1 is 0.581 bits per heavy atom. The van der Waals surface area contributed by atoms with Crippen LogP contribution in [0.1, 0.15) is 126 Å². The molecule has 0 bridgehead atoms. The minimum atomic E-state index is -0.0989. The maximum Gasteiger partial charge on any atom is 0.0594 e. The Kier molecular flexibility index (Phi) is 4.80. The fraction of sp³-hybridized carbons (Fsp3) is 1.00. The van der Waals surface area contributed by atoms with E-state index in [0.717, 1.165) is 24.2 Å². The third-order valence-corrected chi connectivity index (χ3v) is 13.7. The molecule has 0 aromatic carbocycles. The van der Waals surface area contributed by atoms with Crippen molar-refractivity contribution in [3.05, 3.63) is 0 Å². The van der Waals surface area contributed by atoms with Gasteiger partial charge in [-0.05, 0) is 127 Å². The van der Waals surface area contributed by atoms with E-state index in [9.17, 15) is 5.11 Å². The summed E-state index contributed by atoms with van der Waals surface area (Å²) < 4.78 is 0. The standard InChI is InChI=1S/C30H52O/c1-25(2)13-14-27(5)15-17-29(7)22-11-9-20-21(10-12-24(31)26(20,3)4)28(22,6)16-18-30(29,8)23(27)19-25/h20-24,31H,9-19H2,1-8H3/t20?,21-,22+,23-,24+,27-,28+,29-,30+/m1/s1. The molecule has 0 aliphatic heterocycles. The molecule has 31 heavy (non-hydrogen) atoms. The molecular weight excluding hydrogens is 376 g/mol. The molecule has 0 saturated heterocycles. The van der Waals surface area contributed by atoms with E-state index in [2.05, 4.69) is 55.4 Å². The van der Waals surface area contributed by atoms with Gasteiger partial charge in [0.25, 0.3) is 0 Å². The van der Waals surface area contributed by atoms with Crippen molar-refractivity contribution in [1.82, 2.24) is 0 Å². The van der Waals surface area contributed by atoms with E-state index in [4.69, 9.17) is 0 Å². The van der Waals surface area contributed by atoms with Crippen LogP contribution in [0.15, 0.2) is 0 Å². The van der Waals surface area contributed by atoms with Crippen molar-refractivity contribution in [2.75, 3.05) is 0 Å². The number of hydrogen-bond donors (Lipinski definition) is 1. The molecule has 0 aromatic rings. The van der Waals surface area contributed by atoms with E-state index in [1.54, 1.807) is 0 Å². The van der Waals surface area contributed by atoms with Crippen LogP contribution in [0.3, 0.4) is 0 Å². The molecule has 5 aliphatic carbocycles. The summed E-state index contributed by atoms with van der Waals surface area (Å²) in [4.78, 5) is 0. The highest BCUT2D eigenvalue weighted by Gasteiger charge is 2.69. The third kappa shape index (κ3) is 2.83. The van der Waals surface area contributed by atoms with Crippen molar-refractivity contribution in [3.63, 3.8) is 0 Å². The summed E-state index contributed by atoms with van der Waals surface area (Å²) in [5.41, 5.74) is 2.66. The Morgan fingerprint density at radius 3 is 1.87 bits per heavy atom. The quantitative estimate of drug-likeness (QED) is 0.412. The lowest BCUT2D eigenvalue weighted by Crippen LogP contribution is -2.67. The molecule has 0 heterocycles. The Morgan fingerprint density at radius 2 is 1.16 bits per heavy atom. The first-order valence-electron chi connectivity index (χ1n) is 13.9. The van der Waals surface area contributed by atoms with Crippen LogP contribution in [0, 0.1) is 56.2 Å². The zero-order chi connectivity index (χ0) is 22.7. The summed E-state index contributed by atoms with van der Waals surface area (Å²) in [6.07, 6.45) is 15.1. The fourth-order valence-corrected chi connectivity index (χ4v) is 11.2. The van der Waals surface area contributed by atoms with Crippen molar-refractivity contribution >= 4 is 0 Å². The summed E-state index contributed by atoms with van der Waals surface area (Å²) in [6, 6.07) is 0. The van der Waals surface area contributed by atoms with Gasteiger partial charge in [-0.15, -0.1) is 0 Å². The van der Waals surface area contributed by atoms with Crippen LogP contribution in [0.4, 0.5) is 0 Å². The van der Waals surface area contributed by atoms with Gasteiger partial charge >= 0.3 is 0 Å². The Labute approximate surface area is 193 Å². The van der Waals surface area contributed by atoms with Gasteiger partial charge in [-0.25, -0.2) is 0 Å². The molecule has 0 spiro atoms. The average molecular weight is 429 g/mol. The lowest BCUT2D eigenvalue weighted by Gasteiger charge is -2.74. The predicted octanol–water partition coefficient (Wildman–Crippen LogP) is 8.25. The van der Waals surface area contributed by atoms with Gasteiger partial charge in [0.15, 0.2) is 0 Å². The maximum atomic E-state index is 10.8. The predicted molar refractivity (Wildman–Crippen MR) is 131 cm³/mol. The zero-order valence-corrected chi connectivity index (χ0v) is 22.1. The monoisotopic (exact) mass is 428 g/mol. The Hall–Kier alpha value is -0.0400. The molecule has 5 rings (SSSR count). The molecule has 178 valence electrons. The fourth-order valence-electron chi connectivity index (χ4n) is 11.2. The normalized spacial score (nSPS) is 57.8. The number of hydrogen-bond acceptors (Lipinski definition) is 1. The van der Waals surface area contributed by atoms with Gasteiger partial charge < -0.3 is 5.11 Å². The molecule has 5 fully saturated rings. The molecule has 0 radical (unpaired) electrons. The van der Waals surface area contributed by atoms with Crippen molar-refractivity contribution in [2.24, 2.45) is 56.2 Å². The highest BCUT2D eigenvalue weighted by atomic mass is 16.3. The molecular formula is C30H52O. The second-order valence-corrected chi connectivity index (χ2v) is 15.7. The van der Waals surface area contributed by atoms with E-state index in [0.29, 0.717) is 33.0 Å². The minimum absolute atomic E-state index is 0.0943. The zero-order valence-electron chi connectivity index (χ0n) is 22.1. The third-order valence-electron chi connectivity index (χ3n) is 13.7. The van der Waals surface area contributed by atoms with Gasteiger partial charge in [0.2, 0.25) is 0 Å². The molecule has 0 aromatic heterocycles. The maximum absolute atomic E-state index is 10.8. The lowest BCUT2D eigenvalue weighted by atomic mass is 9.31. The molecule has 1 unspecified atom stereocenters. The Bertz CT molecular complexity index is 737. The van der Waals surface area contributed by atoms with Crippen molar-refractivity contribution in [2.45, 2.75) is 132 Å². The molecule has 1 nitrogen and oxygen atoms in total. The first-order chi connectivity index (χ1) is 14.2. The van der Waals surface area contributed by atoms with Gasteiger partial charge in [0.05, 0.1) is 6.10 Å². The van der Waals surface area contributed by atoms with Crippen LogP contribution in [0.2, 0.25) is 0 Å². The highest BCUT2D eigenvalue weighted by molar-refractivity contribution is 5.18. The van der Waals surface area contributed by atoms with E-state index in [1.807, 2.05) is 0 Å². The number of aliphatic hydroxyl groups is 1. The van der Waals surface area contributed by atoms with Crippen molar-refractivity contribution in [1.29, 1.82) is 0 Å². The Balaban J connectivity index is 1.53. The van der Waals surface area contributed by atoms with E-state index >= 15 is 0 Å². The summed E-state index contributed by atoms with van der Waals surface area (Å²) in [5, 5.41) is 10.8. The van der Waals surface area contributed by atoms with Crippen LogP contribution in [-0.2, 0) is 0 Å². The van der Waals surface area contributed by atoms with Crippen LogP contribution in [-0.4, -0.2) is 11.2 Å². The van der Waals surface area contributed by atoms with Gasteiger partial charge in [0, 0.05) is 0 Å². The van der Waals surface area contributed by atoms with Crippen molar-refractivity contribution in [3.8, 4) is 0 Å². The molecule has 9 atom stereocenters. The van der Waals surface area contributed by atoms with Gasteiger partial charge in [-0.3, -0.25) is 0 Å². The van der Waals surface area contributed by atoms with Crippen LogP contribution in [0.25, 0.3) is 0 Å². The first-order valence-corrected chi connectivity index (χ1v) is 13.9.